The van der Waals surface area contributed by atoms with Crippen molar-refractivity contribution in [2.45, 2.75) is 449 Å². The van der Waals surface area contributed by atoms with Crippen LogP contribution in [0.15, 0.2) is 0 Å². The van der Waals surface area contributed by atoms with Gasteiger partial charge in [0.15, 0.2) is 0 Å². The molecule has 0 rings (SSSR count). The van der Waals surface area contributed by atoms with Crippen molar-refractivity contribution < 1.29 is 0 Å². The van der Waals surface area contributed by atoms with Gasteiger partial charge in [0.05, 0.1) is 0 Å². The Morgan fingerprint density at radius 2 is 0.478 bits per heavy atom. The van der Waals surface area contributed by atoms with E-state index in [1.54, 1.807) is 0 Å². The van der Waals surface area contributed by atoms with Crippen molar-refractivity contribution in [3.8, 4) is 0 Å². The van der Waals surface area contributed by atoms with Gasteiger partial charge in [-0.1, -0.05) is 449 Å². The molecule has 0 aromatic heterocycles. The van der Waals surface area contributed by atoms with Crippen LogP contribution in [0.5, 0.6) is 0 Å². The summed E-state index contributed by atoms with van der Waals surface area (Å²) in [5.41, 5.74) is 7.58. The summed E-state index contributed by atoms with van der Waals surface area (Å²) >= 11 is 0. The molecular weight excluding hydrogens is 1080 g/mol. The van der Waals surface area contributed by atoms with E-state index in [1.165, 1.54) is 19.3 Å². The van der Waals surface area contributed by atoms with Crippen LogP contribution >= 0.6 is 0 Å². The summed E-state index contributed by atoms with van der Waals surface area (Å²) in [6, 6.07) is 0. The van der Waals surface area contributed by atoms with Crippen molar-refractivity contribution in [2.75, 3.05) is 0 Å². The van der Waals surface area contributed by atoms with Crippen LogP contribution in [0.3, 0.4) is 0 Å². The minimum Gasteiger partial charge on any atom is -0.0651 e. The van der Waals surface area contributed by atoms with E-state index in [-0.39, 0.29) is 0 Å². The van der Waals surface area contributed by atoms with Gasteiger partial charge in [0.25, 0.3) is 0 Å². The molecule has 0 saturated carbocycles. The average Bonchev–Trinajstić information content (AvgIpc) is 3.25. The second-order valence-electron chi connectivity index (χ2n) is 45.9. The summed E-state index contributed by atoms with van der Waals surface area (Å²) in [6.45, 7) is 143. The summed E-state index contributed by atoms with van der Waals surface area (Å²) in [6.07, 6.45) is 3.84. The molecule has 0 saturated heterocycles. The first-order valence-corrected chi connectivity index (χ1v) is 37.9. The van der Waals surface area contributed by atoms with E-state index in [0.29, 0.717) is 92.1 Å². The lowest BCUT2D eigenvalue weighted by atomic mass is 9.56. The first-order chi connectivity index (χ1) is 37.9. The molecule has 0 unspecified atom stereocenters. The van der Waals surface area contributed by atoms with E-state index in [0.717, 1.165) is 47.3 Å². The molecule has 0 bridgehead atoms. The maximum Gasteiger partial charge on any atom is -0.0257 e. The highest BCUT2D eigenvalue weighted by molar-refractivity contribution is 4.92. The van der Waals surface area contributed by atoms with Gasteiger partial charge in [-0.2, -0.15) is 0 Å². The molecule has 0 heteroatoms. The van der Waals surface area contributed by atoms with Gasteiger partial charge < -0.3 is 0 Å². The highest BCUT2D eigenvalue weighted by atomic mass is 14.5. The molecule has 0 aliphatic heterocycles. The Balaban J connectivity index is -0.0000000989. The molecule has 0 aliphatic rings. The molecule has 0 fully saturated rings. The molecule has 0 radical (unpaired) electrons. The first kappa shape index (κ1) is 111. The summed E-state index contributed by atoms with van der Waals surface area (Å²) in [5, 5.41) is 0. The zero-order valence-electron chi connectivity index (χ0n) is 77.2. The van der Waals surface area contributed by atoms with Crippen molar-refractivity contribution in [2.24, 2.45) is 139 Å². The van der Waals surface area contributed by atoms with E-state index in [2.05, 4.69) is 429 Å². The molecule has 0 spiro atoms. The third kappa shape index (κ3) is 51.3. The van der Waals surface area contributed by atoms with E-state index in [1.807, 2.05) is 0 Å². The fourth-order valence-electron chi connectivity index (χ4n) is 6.51. The summed E-state index contributed by atoms with van der Waals surface area (Å²) in [5.74, 6) is 6.39. The monoisotopic (exact) mass is 1280 g/mol. The highest BCUT2D eigenvalue weighted by Gasteiger charge is 2.42. The van der Waals surface area contributed by atoms with Crippen LogP contribution in [0.4, 0.5) is 0 Å². The summed E-state index contributed by atoms with van der Waals surface area (Å²) in [7, 11) is 0. The van der Waals surface area contributed by atoms with Gasteiger partial charge in [-0.25, -0.2) is 0 Å². The molecule has 0 N–H and O–H groups in total. The molecule has 0 aromatic rings. The molecule has 0 nitrogen and oxygen atoms in total. The predicted octanol–water partition coefficient (Wildman–Crippen LogP) is 34.0. The average molecular weight is 1280 g/mol. The topological polar surface area (TPSA) is 0 Å². The van der Waals surface area contributed by atoms with Crippen molar-refractivity contribution >= 4 is 0 Å². The van der Waals surface area contributed by atoms with Crippen molar-refractivity contribution in [3.63, 3.8) is 0 Å². The summed E-state index contributed by atoms with van der Waals surface area (Å²) in [4.78, 5) is 0. The number of rotatable bonds is 8. The van der Waals surface area contributed by atoms with Crippen LogP contribution in [0.2, 0.25) is 0 Å². The van der Waals surface area contributed by atoms with E-state index in [4.69, 9.17) is 0 Å². The SMILES string of the molecule is CC(C(C)(C)C)C(C)(C)C.CC(C)(C)C(C)(C)C.CC(C)(C)C(C)(C)C.CC(C)(C)C(C)(C)C(C)(C)C.CC(C)C(C)(C)C(C)(C)C.CC(C)C(C)(C)C(C)C.CC(C)[C@@H](C)C(C)(C)C.CCC(C)(C)C(C)(C)C.CCC(C)(C)C(C)C.CC[C@@H](C)C(C)(C)C. The number of hydrogen-bond acceptors (Lipinski definition) is 0. The lowest BCUT2D eigenvalue weighted by Crippen LogP contribution is -2.41. The Morgan fingerprint density at radius 1 is 0.233 bits per heavy atom. The molecule has 0 heterocycles. The molecule has 560 valence electrons. The van der Waals surface area contributed by atoms with Gasteiger partial charge in [0, 0.05) is 0 Å². The van der Waals surface area contributed by atoms with Crippen molar-refractivity contribution in [1.82, 2.24) is 0 Å². The zero-order valence-corrected chi connectivity index (χ0v) is 77.2. The van der Waals surface area contributed by atoms with Gasteiger partial charge in [-0.3, -0.25) is 0 Å². The van der Waals surface area contributed by atoms with Gasteiger partial charge in [-0.15, -0.1) is 0 Å². The van der Waals surface area contributed by atoms with Crippen LogP contribution < -0.4 is 0 Å². The van der Waals surface area contributed by atoms with Crippen molar-refractivity contribution in [3.05, 3.63) is 0 Å². The summed E-state index contributed by atoms with van der Waals surface area (Å²) < 4.78 is 0. The number of hydrogen-bond donors (Lipinski definition) is 0. The van der Waals surface area contributed by atoms with Gasteiger partial charge >= 0.3 is 0 Å². The predicted molar refractivity (Wildman–Crippen MR) is 435 cm³/mol. The van der Waals surface area contributed by atoms with Crippen LogP contribution in [-0.2, 0) is 0 Å². The largest absolute Gasteiger partial charge is 0.0651 e. The standard InChI is InChI=1S/C11H24.2C10H22.3C9H20.4C8H18/c1-9(2,3)11(7,8)10(4,5)6;1-8(9(2,3)4)10(5,6)7;1-8(2)10(6,7)9(3,4)5;1-7-9(5,6)8(2,3)4;1-7(2)8(3)9(4,5)6;1-7(2)9(5,6)8(3)4;2*1-7(2,3)8(4,5)6;1-6-7(2)8(3,4)5;1-6-8(4,5)7(2)3/h1-8H3;2*8H,1-7H3;7H2,1-6H3;2*7-8H,1-6H3;2*1-6H3;2*7H,6H2,1-5H3/t;;;;8-;;;;7-;/m....1...1./s1. The molecular formula is C90H200. The first-order valence-electron chi connectivity index (χ1n) is 37.9. The van der Waals surface area contributed by atoms with E-state index < -0.39 is 0 Å². The Morgan fingerprint density at radius 3 is 0.478 bits per heavy atom. The second kappa shape index (κ2) is 41.4. The highest BCUT2D eigenvalue weighted by Crippen LogP contribution is 2.51. The van der Waals surface area contributed by atoms with Crippen LogP contribution in [0.25, 0.3) is 0 Å². The van der Waals surface area contributed by atoms with Gasteiger partial charge in [-0.05, 0) is 139 Å². The smallest absolute Gasteiger partial charge is 0.0257 e. The lowest BCUT2D eigenvalue weighted by Gasteiger charge is -2.49. The second-order valence-corrected chi connectivity index (χ2v) is 45.9. The molecule has 90 heavy (non-hydrogen) atoms. The van der Waals surface area contributed by atoms with E-state index >= 15 is 0 Å². The molecule has 0 amide bonds. The molecule has 2 atom stereocenters. The maximum absolute atomic E-state index is 2.35. The Bertz CT molecular complexity index is 1570. The van der Waals surface area contributed by atoms with E-state index in [9.17, 15) is 0 Å². The van der Waals surface area contributed by atoms with Gasteiger partial charge in [0.2, 0.25) is 0 Å². The molecule has 0 aromatic carbocycles. The Kier molecular flexibility index (Phi) is 51.3. The maximum atomic E-state index is 2.35. The fraction of sp³-hybridized carbons (Fsp3) is 1.00. The van der Waals surface area contributed by atoms with Crippen LogP contribution in [-0.4, -0.2) is 0 Å². The zero-order chi connectivity index (χ0) is 77.2. The van der Waals surface area contributed by atoms with Gasteiger partial charge in [0.1, 0.15) is 0 Å². The quantitative estimate of drug-likeness (QED) is 0.227. The third-order valence-electron chi connectivity index (χ3n) is 27.0. The third-order valence-corrected chi connectivity index (χ3v) is 27.0. The lowest BCUT2D eigenvalue weighted by molar-refractivity contribution is 0.00575. The van der Waals surface area contributed by atoms with Crippen LogP contribution in [0.1, 0.15) is 449 Å². The molecule has 0 aliphatic carbocycles. The minimum absolute atomic E-state index is 0.375. The van der Waals surface area contributed by atoms with Crippen molar-refractivity contribution in [1.29, 1.82) is 0 Å². The Labute approximate surface area is 584 Å². The van der Waals surface area contributed by atoms with Crippen LogP contribution in [0, 0.1) is 139 Å². The fourth-order valence-corrected chi connectivity index (χ4v) is 6.51. The Hall–Kier alpha value is 0. The minimum atomic E-state index is 0.375. The normalized spacial score (nSPS) is 14.5.